The first-order valence-corrected chi connectivity index (χ1v) is 21.6. The maximum Gasteiger partial charge on any atom is 0.246 e. The number of anilines is 2. The lowest BCUT2D eigenvalue weighted by Crippen LogP contribution is -2.58. The van der Waals surface area contributed by atoms with Gasteiger partial charge in [0.2, 0.25) is 17.7 Å². The van der Waals surface area contributed by atoms with Crippen LogP contribution in [0.2, 0.25) is 0 Å². The number of carbonyl (C=O) groups is 3. The zero-order valence-corrected chi connectivity index (χ0v) is 36.2. The number of hydrogen-bond donors (Lipinski definition) is 5. The van der Waals surface area contributed by atoms with Gasteiger partial charge in [-0.05, 0) is 66.3 Å². The van der Waals surface area contributed by atoms with Crippen molar-refractivity contribution in [2.45, 2.75) is 71.7 Å². The summed E-state index contributed by atoms with van der Waals surface area (Å²) in [5.41, 5.74) is 14.1. The molecule has 0 radical (unpaired) electrons. The Morgan fingerprint density at radius 1 is 0.918 bits per heavy atom. The van der Waals surface area contributed by atoms with Crippen LogP contribution in [-0.2, 0) is 14.4 Å². The number of nitrogen functional groups attached to an aromatic ring is 1. The molecule has 4 heterocycles. The zero-order valence-electron chi connectivity index (χ0n) is 35.3. The number of β-amino-alcohol motifs (C(OH)–C–C–N with tert-alkyl or cyclic N) is 1. The van der Waals surface area contributed by atoms with E-state index in [9.17, 15) is 24.6 Å². The molecule has 2 saturated heterocycles. The first kappa shape index (κ1) is 43.2. The quantitative estimate of drug-likeness (QED) is 0.108. The second-order valence-electron chi connectivity index (χ2n) is 17.1. The molecule has 2 aliphatic heterocycles. The number of aryl methyl sites for hydroxylation is 1. The lowest BCUT2D eigenvalue weighted by Gasteiger charge is -2.37. The average Bonchev–Trinajstić information content (AvgIpc) is 3.87. The van der Waals surface area contributed by atoms with Gasteiger partial charge in [-0.15, -0.1) is 21.5 Å². The molecule has 15 heteroatoms. The Morgan fingerprint density at radius 2 is 1.61 bits per heavy atom. The lowest BCUT2D eigenvalue weighted by molar-refractivity contribution is -0.144. The van der Waals surface area contributed by atoms with Gasteiger partial charge in [0.15, 0.2) is 5.82 Å². The number of aliphatic hydroxyl groups excluding tert-OH is 1. The van der Waals surface area contributed by atoms with Crippen molar-refractivity contribution in [1.82, 2.24) is 35.6 Å². The number of nitrogens with two attached hydrogens (primary N) is 1. The Kier molecular flexibility index (Phi) is 13.0. The number of hydrogen-bond acceptors (Lipinski definition) is 12. The van der Waals surface area contributed by atoms with Crippen LogP contribution in [0.25, 0.3) is 32.8 Å². The molecular formula is C46H55N9O5S. The van der Waals surface area contributed by atoms with Gasteiger partial charge in [0, 0.05) is 68.9 Å². The Morgan fingerprint density at radius 3 is 2.26 bits per heavy atom. The minimum absolute atomic E-state index is 0.0131. The van der Waals surface area contributed by atoms with Crippen LogP contribution in [0.4, 0.5) is 11.5 Å². The Labute approximate surface area is 360 Å². The molecule has 320 valence electrons. The SMILES string of the molecule is Cc1ncsc1-c1ccc([C@H](C)NC(=O)[C@@H]2C[C@@H](O)CN2C(=O)[C@@H](NC(=O)CCN2CCN(c3ccc(-c4cc(-c5ccccc5O)nnc4N)cc3)CC2)C(C)(C)C)cc1. The number of aromatic hydroxyl groups is 1. The lowest BCUT2D eigenvalue weighted by atomic mass is 9.85. The van der Waals surface area contributed by atoms with E-state index in [2.05, 4.69) is 47.7 Å². The van der Waals surface area contributed by atoms with Crippen molar-refractivity contribution in [3.8, 4) is 38.6 Å². The number of benzene rings is 3. The van der Waals surface area contributed by atoms with Crippen LogP contribution in [-0.4, -0.2) is 110 Å². The highest BCUT2D eigenvalue weighted by atomic mass is 32.1. The minimum Gasteiger partial charge on any atom is -0.507 e. The smallest absolute Gasteiger partial charge is 0.246 e. The number of carbonyl (C=O) groups excluding carboxylic acids is 3. The first-order valence-electron chi connectivity index (χ1n) is 20.7. The molecule has 4 atom stereocenters. The molecule has 0 aliphatic carbocycles. The van der Waals surface area contributed by atoms with Gasteiger partial charge in [-0.2, -0.15) is 0 Å². The van der Waals surface area contributed by atoms with Gasteiger partial charge in [-0.1, -0.05) is 69.3 Å². The van der Waals surface area contributed by atoms with Crippen LogP contribution in [0.1, 0.15) is 57.8 Å². The van der Waals surface area contributed by atoms with E-state index < -0.39 is 23.6 Å². The standard InChI is InChI=1S/C46H55N9O5S/c1-28(30-10-12-32(13-11-30)41-29(2)48-27-61-41)49-44(59)38-24-34(56)26-55(38)45(60)42(46(3,4)5)50-40(58)18-19-53-20-22-54(23-21-53)33-16-14-31(15-17-33)36-25-37(51-52-43(36)47)35-8-6-7-9-39(35)57/h6-17,25,27-28,34,38,42,56-57H,18-24,26H2,1-5H3,(H2,47,52)(H,49,59)(H,50,58)/t28-,34+,38-,42+/m0/s1. The fourth-order valence-electron chi connectivity index (χ4n) is 8.04. The largest absolute Gasteiger partial charge is 0.507 e. The van der Waals surface area contributed by atoms with Gasteiger partial charge in [0.1, 0.15) is 17.8 Å². The molecule has 0 unspecified atom stereocenters. The Hall–Kier alpha value is -5.90. The summed E-state index contributed by atoms with van der Waals surface area (Å²) in [6, 6.07) is 22.8. The van der Waals surface area contributed by atoms with Crippen molar-refractivity contribution >= 4 is 40.6 Å². The second-order valence-corrected chi connectivity index (χ2v) is 17.9. The highest BCUT2D eigenvalue weighted by Crippen LogP contribution is 2.34. The predicted molar refractivity (Wildman–Crippen MR) is 239 cm³/mol. The third-order valence-corrected chi connectivity index (χ3v) is 12.6. The molecule has 0 spiro atoms. The summed E-state index contributed by atoms with van der Waals surface area (Å²) in [4.78, 5) is 52.7. The first-order chi connectivity index (χ1) is 29.2. The number of nitrogens with zero attached hydrogens (tertiary/aromatic N) is 6. The number of aromatic nitrogens is 3. The topological polar surface area (TPSA) is 190 Å². The van der Waals surface area contributed by atoms with Crippen molar-refractivity contribution in [3.05, 3.63) is 95.6 Å². The molecule has 3 amide bonds. The van der Waals surface area contributed by atoms with E-state index in [1.165, 1.54) is 4.90 Å². The predicted octanol–water partition coefficient (Wildman–Crippen LogP) is 5.41. The van der Waals surface area contributed by atoms with Gasteiger partial charge < -0.3 is 36.4 Å². The van der Waals surface area contributed by atoms with E-state index in [0.717, 1.165) is 64.7 Å². The van der Waals surface area contributed by atoms with Gasteiger partial charge in [0.05, 0.1) is 33.9 Å². The highest BCUT2D eigenvalue weighted by Gasteiger charge is 2.44. The number of thiazole rings is 1. The number of phenolic OH excluding ortho intramolecular Hbond substituents is 1. The summed E-state index contributed by atoms with van der Waals surface area (Å²) in [5, 5.41) is 35.4. The van der Waals surface area contributed by atoms with Gasteiger partial charge >= 0.3 is 0 Å². The van der Waals surface area contributed by atoms with Crippen LogP contribution in [0.15, 0.2) is 84.4 Å². The van der Waals surface area contributed by atoms with Crippen molar-refractivity contribution in [2.24, 2.45) is 5.41 Å². The number of para-hydroxylation sites is 1. The molecule has 2 fully saturated rings. The Bertz CT molecular complexity index is 2340. The van der Waals surface area contributed by atoms with Gasteiger partial charge in [-0.3, -0.25) is 19.3 Å². The van der Waals surface area contributed by atoms with E-state index in [1.807, 2.05) is 88.7 Å². The highest BCUT2D eigenvalue weighted by molar-refractivity contribution is 7.13. The normalized spacial score (nSPS) is 18.1. The van der Waals surface area contributed by atoms with Gasteiger partial charge in [0.25, 0.3) is 0 Å². The van der Waals surface area contributed by atoms with Crippen LogP contribution < -0.4 is 21.3 Å². The molecule has 14 nitrogen and oxygen atoms in total. The number of phenols is 1. The molecule has 7 rings (SSSR count). The van der Waals surface area contributed by atoms with Crippen LogP contribution in [0, 0.1) is 12.3 Å². The fourth-order valence-corrected chi connectivity index (χ4v) is 8.86. The average molecular weight is 846 g/mol. The fraction of sp³-hybridized carbons (Fsp3) is 0.391. The number of likely N-dealkylation sites (tertiary alicyclic amines) is 1. The summed E-state index contributed by atoms with van der Waals surface area (Å²) in [7, 11) is 0. The molecule has 3 aromatic carbocycles. The van der Waals surface area contributed by atoms with E-state index in [0.29, 0.717) is 23.6 Å². The number of amides is 3. The zero-order chi connectivity index (χ0) is 43.4. The van der Waals surface area contributed by atoms with Crippen molar-refractivity contribution in [1.29, 1.82) is 0 Å². The van der Waals surface area contributed by atoms with Crippen molar-refractivity contribution in [3.63, 3.8) is 0 Å². The monoisotopic (exact) mass is 845 g/mol. The second kappa shape index (κ2) is 18.4. The van der Waals surface area contributed by atoms with Crippen LogP contribution in [0.3, 0.4) is 0 Å². The maximum absolute atomic E-state index is 14.2. The van der Waals surface area contributed by atoms with E-state index in [-0.39, 0.29) is 48.9 Å². The summed E-state index contributed by atoms with van der Waals surface area (Å²) in [6.07, 6.45) is -0.524. The summed E-state index contributed by atoms with van der Waals surface area (Å²) < 4.78 is 0. The van der Waals surface area contributed by atoms with Crippen molar-refractivity contribution < 1.29 is 24.6 Å². The molecule has 2 aliphatic rings. The molecule has 0 saturated carbocycles. The van der Waals surface area contributed by atoms with Crippen molar-refractivity contribution in [2.75, 3.05) is 49.9 Å². The number of aliphatic hydroxyl groups is 1. The minimum atomic E-state index is -0.893. The number of rotatable bonds is 12. The van der Waals surface area contributed by atoms with Crippen LogP contribution in [0.5, 0.6) is 5.75 Å². The summed E-state index contributed by atoms with van der Waals surface area (Å²) >= 11 is 1.58. The van der Waals surface area contributed by atoms with E-state index in [4.69, 9.17) is 5.73 Å². The number of piperazine rings is 1. The van der Waals surface area contributed by atoms with E-state index >= 15 is 0 Å². The number of nitrogens with one attached hydrogen (secondary N) is 2. The van der Waals surface area contributed by atoms with Gasteiger partial charge in [-0.25, -0.2) is 4.98 Å². The molecule has 2 aromatic heterocycles. The summed E-state index contributed by atoms with van der Waals surface area (Å²) in [5.74, 6) is -0.546. The molecule has 61 heavy (non-hydrogen) atoms. The third kappa shape index (κ3) is 10.0. The third-order valence-electron chi connectivity index (χ3n) is 11.6. The molecule has 5 aromatic rings. The summed E-state index contributed by atoms with van der Waals surface area (Å²) in [6.45, 7) is 13.2. The maximum atomic E-state index is 14.2. The molecule has 6 N–H and O–H groups in total. The van der Waals surface area contributed by atoms with Crippen LogP contribution >= 0.6 is 11.3 Å². The molecular weight excluding hydrogens is 791 g/mol. The molecule has 0 bridgehead atoms. The van der Waals surface area contributed by atoms with E-state index in [1.54, 1.807) is 29.5 Å². The Balaban J connectivity index is 0.906.